The minimum absolute atomic E-state index is 0.0668. The van der Waals surface area contributed by atoms with Crippen LogP contribution in [0.5, 0.6) is 0 Å². The Balaban J connectivity index is 2.84. The fraction of sp³-hybridized carbons (Fsp3) is 0.364. The third kappa shape index (κ3) is 4.19. The van der Waals surface area contributed by atoms with Crippen molar-refractivity contribution in [3.8, 4) is 0 Å². The number of anilines is 1. The van der Waals surface area contributed by atoms with Crippen molar-refractivity contribution in [2.45, 2.75) is 25.6 Å². The van der Waals surface area contributed by atoms with Crippen molar-refractivity contribution in [1.29, 1.82) is 0 Å². The molecule has 1 rings (SSSR count). The third-order valence-electron chi connectivity index (χ3n) is 2.08. The molecule has 3 N–H and O–H groups in total. The Labute approximate surface area is 107 Å². The highest BCUT2D eigenvalue weighted by molar-refractivity contribution is 6.33. The number of carbonyl (C=O) groups is 1. The van der Waals surface area contributed by atoms with E-state index in [0.717, 1.165) is 18.2 Å². The third-order valence-corrected chi connectivity index (χ3v) is 2.39. The monoisotopic (exact) mass is 280 g/mol. The number of hydrogen-bond donors (Lipinski definition) is 2. The summed E-state index contributed by atoms with van der Waals surface area (Å²) in [6, 6.07) is 2.40. The van der Waals surface area contributed by atoms with Gasteiger partial charge in [-0.25, -0.2) is 0 Å². The topological polar surface area (TPSA) is 55.1 Å². The van der Waals surface area contributed by atoms with Crippen molar-refractivity contribution in [2.75, 3.05) is 5.32 Å². The average molecular weight is 281 g/mol. The molecule has 0 spiro atoms. The maximum atomic E-state index is 12.4. The number of carbonyl (C=O) groups excluding carboxylic acids is 1. The second-order valence-electron chi connectivity index (χ2n) is 3.92. The van der Waals surface area contributed by atoms with Gasteiger partial charge in [-0.2, -0.15) is 13.2 Å². The number of halogens is 4. The molecule has 18 heavy (non-hydrogen) atoms. The van der Waals surface area contributed by atoms with Crippen molar-refractivity contribution in [2.24, 2.45) is 5.73 Å². The predicted molar refractivity (Wildman–Crippen MR) is 63.4 cm³/mol. The molecule has 0 saturated heterocycles. The lowest BCUT2D eigenvalue weighted by Crippen LogP contribution is -2.24. The molecule has 7 heteroatoms. The van der Waals surface area contributed by atoms with E-state index in [1.807, 2.05) is 0 Å². The standard InChI is InChI=1S/C11H12ClF3N2O/c1-6(16)4-10(18)17-9-3-2-7(5-8(9)12)11(13,14)15/h2-3,5-6H,4,16H2,1H3,(H,17,18). The van der Waals surface area contributed by atoms with Crippen LogP contribution in [0.15, 0.2) is 18.2 Å². The van der Waals surface area contributed by atoms with Crippen molar-refractivity contribution in [1.82, 2.24) is 0 Å². The van der Waals surface area contributed by atoms with E-state index in [1.54, 1.807) is 6.92 Å². The minimum atomic E-state index is -4.46. The number of nitrogens with two attached hydrogens (primary N) is 1. The molecule has 100 valence electrons. The summed E-state index contributed by atoms with van der Waals surface area (Å²) in [7, 11) is 0. The first-order valence-electron chi connectivity index (χ1n) is 5.12. The smallest absolute Gasteiger partial charge is 0.327 e. The van der Waals surface area contributed by atoms with Crippen molar-refractivity contribution in [3.63, 3.8) is 0 Å². The Hall–Kier alpha value is -1.27. The molecule has 1 amide bonds. The number of alkyl halides is 3. The molecule has 0 bridgehead atoms. The lowest BCUT2D eigenvalue weighted by atomic mass is 10.2. The van der Waals surface area contributed by atoms with E-state index in [1.165, 1.54) is 0 Å². The van der Waals surface area contributed by atoms with E-state index in [0.29, 0.717) is 0 Å². The van der Waals surface area contributed by atoms with Gasteiger partial charge in [0.25, 0.3) is 0 Å². The summed E-state index contributed by atoms with van der Waals surface area (Å²) in [6.45, 7) is 1.65. The van der Waals surface area contributed by atoms with Gasteiger partial charge >= 0.3 is 6.18 Å². The Kier molecular flexibility index (Phi) is 4.59. The van der Waals surface area contributed by atoms with Crippen LogP contribution in [0.1, 0.15) is 18.9 Å². The molecular weight excluding hydrogens is 269 g/mol. The average Bonchev–Trinajstić information content (AvgIpc) is 2.18. The van der Waals surface area contributed by atoms with Crippen LogP contribution < -0.4 is 11.1 Å². The molecule has 1 aromatic carbocycles. The summed E-state index contributed by atoms with van der Waals surface area (Å²) >= 11 is 5.67. The van der Waals surface area contributed by atoms with Crippen molar-refractivity contribution in [3.05, 3.63) is 28.8 Å². The summed E-state index contributed by atoms with van der Waals surface area (Å²) in [6.07, 6.45) is -4.39. The first-order chi connectivity index (χ1) is 8.20. The Morgan fingerprint density at radius 3 is 2.56 bits per heavy atom. The van der Waals surface area contributed by atoms with E-state index < -0.39 is 17.6 Å². The van der Waals surface area contributed by atoms with Crippen LogP contribution in [0.2, 0.25) is 5.02 Å². The van der Waals surface area contributed by atoms with E-state index >= 15 is 0 Å². The lowest BCUT2D eigenvalue weighted by molar-refractivity contribution is -0.137. The van der Waals surface area contributed by atoms with Gasteiger partial charge < -0.3 is 11.1 Å². The Morgan fingerprint density at radius 2 is 2.11 bits per heavy atom. The van der Waals surface area contributed by atoms with Crippen LogP contribution in [0.4, 0.5) is 18.9 Å². The van der Waals surface area contributed by atoms with Gasteiger partial charge in [-0.3, -0.25) is 4.79 Å². The van der Waals surface area contributed by atoms with Gasteiger partial charge in [0.2, 0.25) is 5.91 Å². The molecule has 3 nitrogen and oxygen atoms in total. The molecule has 0 fully saturated rings. The van der Waals surface area contributed by atoms with Gasteiger partial charge in [0.15, 0.2) is 0 Å². The largest absolute Gasteiger partial charge is 0.416 e. The summed E-state index contributed by atoms with van der Waals surface area (Å²) < 4.78 is 37.1. The first kappa shape index (κ1) is 14.8. The molecule has 1 aromatic rings. The van der Waals surface area contributed by atoms with Crippen LogP contribution in [0.25, 0.3) is 0 Å². The Morgan fingerprint density at radius 1 is 1.50 bits per heavy atom. The number of amides is 1. The molecule has 1 atom stereocenters. The van der Waals surface area contributed by atoms with E-state index in [4.69, 9.17) is 17.3 Å². The van der Waals surface area contributed by atoms with Crippen molar-refractivity contribution >= 4 is 23.2 Å². The molecular formula is C11H12ClF3N2O. The molecule has 0 aliphatic rings. The van der Waals surface area contributed by atoms with Gasteiger partial charge in [-0.15, -0.1) is 0 Å². The van der Waals surface area contributed by atoms with Crippen LogP contribution in [-0.4, -0.2) is 11.9 Å². The zero-order valence-corrected chi connectivity index (χ0v) is 10.3. The summed E-state index contributed by atoms with van der Waals surface area (Å²) in [4.78, 5) is 11.4. The highest BCUT2D eigenvalue weighted by Gasteiger charge is 2.30. The Bertz CT molecular complexity index is 446. The zero-order chi connectivity index (χ0) is 13.9. The first-order valence-corrected chi connectivity index (χ1v) is 5.50. The summed E-state index contributed by atoms with van der Waals surface area (Å²) in [5.74, 6) is -0.397. The fourth-order valence-electron chi connectivity index (χ4n) is 1.29. The van der Waals surface area contributed by atoms with Gasteiger partial charge in [0, 0.05) is 12.5 Å². The normalized spacial score (nSPS) is 13.2. The quantitative estimate of drug-likeness (QED) is 0.894. The number of rotatable bonds is 3. The van der Waals surface area contributed by atoms with Crippen LogP contribution >= 0.6 is 11.6 Å². The molecule has 0 aliphatic carbocycles. The predicted octanol–water partition coefficient (Wildman–Crippen LogP) is 3.03. The van der Waals surface area contributed by atoms with Crippen LogP contribution in [-0.2, 0) is 11.0 Å². The van der Waals surface area contributed by atoms with E-state index in [9.17, 15) is 18.0 Å². The van der Waals surface area contributed by atoms with Crippen molar-refractivity contribution < 1.29 is 18.0 Å². The highest BCUT2D eigenvalue weighted by atomic mass is 35.5. The lowest BCUT2D eigenvalue weighted by Gasteiger charge is -2.11. The van der Waals surface area contributed by atoms with Crippen LogP contribution in [0.3, 0.4) is 0 Å². The molecule has 0 aliphatic heterocycles. The minimum Gasteiger partial charge on any atom is -0.327 e. The number of nitrogens with one attached hydrogen (secondary N) is 1. The van der Waals surface area contributed by atoms with Gasteiger partial charge in [-0.05, 0) is 25.1 Å². The highest BCUT2D eigenvalue weighted by Crippen LogP contribution is 2.33. The second kappa shape index (κ2) is 5.58. The van der Waals surface area contributed by atoms with Gasteiger partial charge in [0.1, 0.15) is 0 Å². The number of benzene rings is 1. The second-order valence-corrected chi connectivity index (χ2v) is 4.33. The maximum Gasteiger partial charge on any atom is 0.416 e. The molecule has 0 aromatic heterocycles. The molecule has 0 heterocycles. The zero-order valence-electron chi connectivity index (χ0n) is 9.51. The summed E-state index contributed by atoms with van der Waals surface area (Å²) in [5, 5.41) is 2.24. The summed E-state index contributed by atoms with van der Waals surface area (Å²) in [5.41, 5.74) is 4.69. The van der Waals surface area contributed by atoms with Crippen LogP contribution in [0, 0.1) is 0 Å². The van der Waals surface area contributed by atoms with Gasteiger partial charge in [0.05, 0.1) is 16.3 Å². The van der Waals surface area contributed by atoms with Gasteiger partial charge in [-0.1, -0.05) is 11.6 Å². The SMILES string of the molecule is CC(N)CC(=O)Nc1ccc(C(F)(F)F)cc1Cl. The maximum absolute atomic E-state index is 12.4. The molecule has 0 saturated carbocycles. The molecule has 0 radical (unpaired) electrons. The van der Waals surface area contributed by atoms with E-state index in [2.05, 4.69) is 5.32 Å². The number of hydrogen-bond acceptors (Lipinski definition) is 2. The van der Waals surface area contributed by atoms with E-state index in [-0.39, 0.29) is 23.2 Å². The fourth-order valence-corrected chi connectivity index (χ4v) is 1.51. The molecule has 1 unspecified atom stereocenters.